The molecule has 4 rings (SSSR count). The molecule has 2 aromatic carbocycles. The molecule has 1 saturated carbocycles. The SMILES string of the molecule is [2H]C1([2H])C([2H])([2H])C([2H])(C)C([2H])([2H])C([2H])(c2ccc(-c3cc[n+](C)c(-c4ccccc4C)c3)cc2)C1([2H])[2H]. The molecule has 0 spiro atoms. The maximum atomic E-state index is 9.05. The zero-order chi connectivity index (χ0) is 27.8. The summed E-state index contributed by atoms with van der Waals surface area (Å²) >= 11 is 0. The highest BCUT2D eigenvalue weighted by Gasteiger charge is 2.20. The van der Waals surface area contributed by atoms with Crippen molar-refractivity contribution in [3.8, 4) is 22.4 Å². The monoisotopic (exact) mass is 366 g/mol. The molecule has 0 saturated heterocycles. The van der Waals surface area contributed by atoms with Crippen LogP contribution in [0.1, 0.15) is 63.1 Å². The summed E-state index contributed by atoms with van der Waals surface area (Å²) in [6.07, 6.45) is -11.0. The van der Waals surface area contributed by atoms with Gasteiger partial charge in [0.15, 0.2) is 6.20 Å². The normalized spacial score (nSPS) is 38.2. The molecule has 3 aromatic rings. The molecule has 2 atom stereocenters. The van der Waals surface area contributed by atoms with Crippen molar-refractivity contribution in [1.29, 1.82) is 0 Å². The summed E-state index contributed by atoms with van der Waals surface area (Å²) in [6, 6.07) is 17.9. The molecule has 1 aliphatic carbocycles. The second-order valence-electron chi connectivity index (χ2n) is 6.80. The summed E-state index contributed by atoms with van der Waals surface area (Å²) in [4.78, 5) is 0. The van der Waals surface area contributed by atoms with E-state index in [-0.39, 0.29) is 5.56 Å². The smallest absolute Gasteiger partial charge is 0.201 e. The van der Waals surface area contributed by atoms with Gasteiger partial charge in [0.25, 0.3) is 0 Å². The Labute approximate surface area is 177 Å². The minimum absolute atomic E-state index is 0.162. The van der Waals surface area contributed by atoms with Gasteiger partial charge in [-0.05, 0) is 59.8 Å². The molecule has 0 radical (unpaired) electrons. The highest BCUT2D eigenvalue weighted by atomic mass is 14.9. The lowest BCUT2D eigenvalue weighted by Crippen LogP contribution is -2.30. The Bertz CT molecular complexity index is 1320. The van der Waals surface area contributed by atoms with Crippen molar-refractivity contribution >= 4 is 0 Å². The van der Waals surface area contributed by atoms with Crippen LogP contribution in [-0.2, 0) is 7.05 Å². The standard InChI is InChI=1S/C26H30N/c1-19-7-6-9-23(17-19)21-11-13-22(14-12-21)24-15-16-27(3)26(18-24)25-10-5-4-8-20(25)2/h4-5,8,10-16,18-19,23H,6-7,9,17H2,1-3H3/q+1/i6D2,7D2,9D2,17D2,19D,23D. The van der Waals surface area contributed by atoms with E-state index in [9.17, 15) is 0 Å². The Morgan fingerprint density at radius 2 is 1.78 bits per heavy atom. The zero-order valence-electron chi connectivity index (χ0n) is 25.8. The minimum Gasteiger partial charge on any atom is -0.201 e. The van der Waals surface area contributed by atoms with Crippen molar-refractivity contribution in [2.24, 2.45) is 12.9 Å². The van der Waals surface area contributed by atoms with Gasteiger partial charge in [-0.1, -0.05) is 62.1 Å². The lowest BCUT2D eigenvalue weighted by Gasteiger charge is -2.27. The lowest BCUT2D eigenvalue weighted by atomic mass is 9.78. The Balaban J connectivity index is 1.84. The van der Waals surface area contributed by atoms with Crippen LogP contribution in [0.25, 0.3) is 22.4 Å². The Morgan fingerprint density at radius 3 is 2.56 bits per heavy atom. The van der Waals surface area contributed by atoms with Gasteiger partial charge in [0.2, 0.25) is 5.69 Å². The number of hydrogen-bond acceptors (Lipinski definition) is 0. The van der Waals surface area contributed by atoms with Crippen LogP contribution in [0.3, 0.4) is 0 Å². The highest BCUT2D eigenvalue weighted by Crippen LogP contribution is 2.36. The quantitative estimate of drug-likeness (QED) is 0.469. The van der Waals surface area contributed by atoms with Crippen LogP contribution in [0.15, 0.2) is 66.9 Å². The Morgan fingerprint density at radius 1 is 1.00 bits per heavy atom. The first kappa shape index (κ1) is 9.68. The van der Waals surface area contributed by atoms with E-state index in [1.54, 1.807) is 12.1 Å². The number of benzene rings is 2. The van der Waals surface area contributed by atoms with E-state index < -0.39 is 37.3 Å². The summed E-state index contributed by atoms with van der Waals surface area (Å²) in [7, 11) is 1.94. The molecule has 27 heavy (non-hydrogen) atoms. The summed E-state index contributed by atoms with van der Waals surface area (Å²) in [5, 5.41) is 0. The predicted octanol–water partition coefficient (Wildman–Crippen LogP) is 6.45. The van der Waals surface area contributed by atoms with E-state index >= 15 is 0 Å². The largest absolute Gasteiger partial charge is 0.213 e. The average molecular weight is 367 g/mol. The van der Waals surface area contributed by atoms with Crippen LogP contribution < -0.4 is 4.57 Å². The maximum absolute atomic E-state index is 9.05. The van der Waals surface area contributed by atoms with Gasteiger partial charge in [-0.25, -0.2) is 4.57 Å². The third-order valence-corrected chi connectivity index (χ3v) is 4.83. The van der Waals surface area contributed by atoms with Crippen molar-refractivity contribution in [3.63, 3.8) is 0 Å². The van der Waals surface area contributed by atoms with E-state index in [1.165, 1.54) is 12.1 Å². The third kappa shape index (κ3) is 3.83. The van der Waals surface area contributed by atoms with Crippen LogP contribution in [0, 0.1) is 12.8 Å². The van der Waals surface area contributed by atoms with Gasteiger partial charge in [0.1, 0.15) is 7.05 Å². The molecule has 1 heteroatoms. The van der Waals surface area contributed by atoms with Crippen molar-refractivity contribution in [3.05, 3.63) is 78.0 Å². The molecule has 1 aromatic heterocycles. The first-order valence-electron chi connectivity index (χ1n) is 14.0. The molecule has 1 nitrogen and oxygen atoms in total. The van der Waals surface area contributed by atoms with Crippen molar-refractivity contribution in [2.75, 3.05) is 0 Å². The highest BCUT2D eigenvalue weighted by molar-refractivity contribution is 5.70. The molecule has 2 unspecified atom stereocenters. The number of aryl methyl sites for hydroxylation is 2. The fraction of sp³-hybridized carbons (Fsp3) is 0.346. The topological polar surface area (TPSA) is 3.88 Å². The van der Waals surface area contributed by atoms with Crippen LogP contribution in [0.5, 0.6) is 0 Å². The Kier molecular flexibility index (Phi) is 2.75. The first-order valence-corrected chi connectivity index (χ1v) is 9.03. The molecule has 1 heterocycles. The summed E-state index contributed by atoms with van der Waals surface area (Å²) < 4.78 is 86.9. The number of pyridine rings is 1. The molecule has 138 valence electrons. The van der Waals surface area contributed by atoms with Crippen molar-refractivity contribution in [1.82, 2.24) is 0 Å². The molecule has 0 aliphatic heterocycles. The molecule has 0 bridgehead atoms. The summed E-state index contributed by atoms with van der Waals surface area (Å²) in [5.74, 6) is -5.66. The van der Waals surface area contributed by atoms with Crippen molar-refractivity contribution in [2.45, 2.75) is 45.2 Å². The van der Waals surface area contributed by atoms with Gasteiger partial charge in [0.05, 0.1) is 0 Å². The molecule has 1 aliphatic rings. The minimum atomic E-state index is -3.32. The summed E-state index contributed by atoms with van der Waals surface area (Å²) in [6.45, 7) is 2.92. The van der Waals surface area contributed by atoms with Crippen molar-refractivity contribution < 1.29 is 18.3 Å². The molecule has 1 fully saturated rings. The second kappa shape index (κ2) is 7.68. The second-order valence-corrected chi connectivity index (χ2v) is 6.80. The molecular formula is C26H30N+. The van der Waals surface area contributed by atoms with E-state index in [1.807, 2.05) is 61.1 Å². The maximum Gasteiger partial charge on any atom is 0.213 e. The fourth-order valence-electron chi connectivity index (χ4n) is 3.29. The molecular weight excluding hydrogens is 326 g/mol. The van der Waals surface area contributed by atoms with Crippen LogP contribution in [-0.4, -0.2) is 0 Å². The van der Waals surface area contributed by atoms with Crippen LogP contribution in [0.4, 0.5) is 0 Å². The number of hydrogen-bond donors (Lipinski definition) is 0. The first-order chi connectivity index (χ1) is 16.9. The fourth-order valence-corrected chi connectivity index (χ4v) is 3.29. The molecule has 0 N–H and O–H groups in total. The van der Waals surface area contributed by atoms with Gasteiger partial charge in [-0.3, -0.25) is 0 Å². The van der Waals surface area contributed by atoms with Crippen LogP contribution in [0.2, 0.25) is 0 Å². The van der Waals surface area contributed by atoms with E-state index in [0.29, 0.717) is 0 Å². The zero-order valence-corrected chi connectivity index (χ0v) is 15.8. The van der Waals surface area contributed by atoms with E-state index in [0.717, 1.165) is 34.9 Å². The predicted molar refractivity (Wildman–Crippen MR) is 114 cm³/mol. The number of aromatic nitrogens is 1. The third-order valence-electron chi connectivity index (χ3n) is 4.83. The lowest BCUT2D eigenvalue weighted by molar-refractivity contribution is -0.660. The summed E-state index contributed by atoms with van der Waals surface area (Å²) in [5.41, 5.74) is 4.54. The van der Waals surface area contributed by atoms with E-state index in [4.69, 9.17) is 13.7 Å². The molecule has 0 amide bonds. The Hall–Kier alpha value is -2.41. The van der Waals surface area contributed by atoms with Crippen LogP contribution >= 0.6 is 0 Å². The number of rotatable bonds is 3. The number of nitrogens with zero attached hydrogens (tertiary/aromatic N) is 1. The van der Waals surface area contributed by atoms with Gasteiger partial charge >= 0.3 is 0 Å². The van der Waals surface area contributed by atoms with Gasteiger partial charge < -0.3 is 0 Å². The van der Waals surface area contributed by atoms with E-state index in [2.05, 4.69) is 0 Å². The van der Waals surface area contributed by atoms with Gasteiger partial charge in [0, 0.05) is 31.4 Å². The van der Waals surface area contributed by atoms with Gasteiger partial charge in [-0.15, -0.1) is 0 Å². The average Bonchev–Trinajstić information content (AvgIpc) is 2.83. The van der Waals surface area contributed by atoms with Gasteiger partial charge in [-0.2, -0.15) is 0 Å².